The molecule has 0 aromatic carbocycles. The van der Waals surface area contributed by atoms with Crippen molar-refractivity contribution in [1.29, 1.82) is 0 Å². The maximum absolute atomic E-state index is 11.4. The lowest BCUT2D eigenvalue weighted by atomic mass is 10.0. The summed E-state index contributed by atoms with van der Waals surface area (Å²) in [5.74, 6) is 7.57. The summed E-state index contributed by atoms with van der Waals surface area (Å²) in [6, 6.07) is 3.60. The number of pyridine rings is 1. The van der Waals surface area contributed by atoms with Crippen molar-refractivity contribution >= 4 is 23.5 Å². The van der Waals surface area contributed by atoms with Crippen molar-refractivity contribution in [1.82, 2.24) is 20.3 Å². The van der Waals surface area contributed by atoms with E-state index in [-0.39, 0.29) is 17.9 Å². The average Bonchev–Trinajstić information content (AvgIpc) is 2.61. The zero-order chi connectivity index (χ0) is 19.4. The van der Waals surface area contributed by atoms with Crippen LogP contribution in [0.25, 0.3) is 0 Å². The largest absolute Gasteiger partial charge is 0.384 e. The maximum Gasteiger partial charge on any atom is 0.222 e. The van der Waals surface area contributed by atoms with Gasteiger partial charge in [0.15, 0.2) is 0 Å². The van der Waals surface area contributed by atoms with Crippen LogP contribution in [0.1, 0.15) is 36.6 Å². The van der Waals surface area contributed by atoms with E-state index >= 15 is 0 Å². The molecule has 3 heterocycles. The summed E-state index contributed by atoms with van der Waals surface area (Å²) in [4.78, 5) is 26.3. The van der Waals surface area contributed by atoms with Crippen LogP contribution in [0.2, 0.25) is 0 Å². The van der Waals surface area contributed by atoms with Gasteiger partial charge < -0.3 is 21.7 Å². The molecule has 1 atom stereocenters. The SMILES string of the molecule is CC(=O)NC1CCCN(c2nc(N)nc(C)c2C#Cc2ccc(N)nc2)C1. The molecule has 8 heteroatoms. The molecule has 140 valence electrons. The predicted molar refractivity (Wildman–Crippen MR) is 105 cm³/mol. The van der Waals surface area contributed by atoms with Crippen LogP contribution in [-0.4, -0.2) is 40.0 Å². The quantitative estimate of drug-likeness (QED) is 0.674. The summed E-state index contributed by atoms with van der Waals surface area (Å²) in [5.41, 5.74) is 13.7. The van der Waals surface area contributed by atoms with Gasteiger partial charge in [-0.05, 0) is 31.9 Å². The first-order valence-electron chi connectivity index (χ1n) is 8.82. The second-order valence-corrected chi connectivity index (χ2v) is 6.57. The molecule has 1 aliphatic heterocycles. The van der Waals surface area contributed by atoms with Gasteiger partial charge in [0, 0.05) is 37.8 Å². The fraction of sp³-hybridized carbons (Fsp3) is 0.368. The van der Waals surface area contributed by atoms with Gasteiger partial charge >= 0.3 is 0 Å². The number of nitrogen functional groups attached to an aromatic ring is 2. The standard InChI is InChI=1S/C19H23N7O/c1-12-16(7-5-14-6-8-17(20)22-10-14)18(25-19(21)23-12)26-9-3-4-15(11-26)24-13(2)27/h6,8,10,15H,3-4,9,11H2,1-2H3,(H2,20,22)(H,24,27)(H2,21,23,25). The number of amides is 1. The third kappa shape index (κ3) is 4.64. The summed E-state index contributed by atoms with van der Waals surface area (Å²) >= 11 is 0. The molecule has 0 radical (unpaired) electrons. The topological polar surface area (TPSA) is 123 Å². The Kier molecular flexibility index (Phi) is 5.41. The molecule has 5 N–H and O–H groups in total. The molecule has 2 aromatic heterocycles. The first-order valence-corrected chi connectivity index (χ1v) is 8.82. The van der Waals surface area contributed by atoms with Gasteiger partial charge in [0.2, 0.25) is 11.9 Å². The predicted octanol–water partition coefficient (Wildman–Crippen LogP) is 0.849. The Morgan fingerprint density at radius 2 is 2.11 bits per heavy atom. The number of aryl methyl sites for hydroxylation is 1. The molecule has 0 spiro atoms. The highest BCUT2D eigenvalue weighted by Crippen LogP contribution is 2.24. The minimum Gasteiger partial charge on any atom is -0.384 e. The van der Waals surface area contributed by atoms with E-state index in [1.807, 2.05) is 13.0 Å². The minimum absolute atomic E-state index is 0.0314. The van der Waals surface area contributed by atoms with Crippen LogP contribution >= 0.6 is 0 Å². The van der Waals surface area contributed by atoms with Crippen LogP contribution in [-0.2, 0) is 4.79 Å². The molecule has 3 rings (SSSR count). The zero-order valence-corrected chi connectivity index (χ0v) is 15.5. The monoisotopic (exact) mass is 365 g/mol. The van der Waals surface area contributed by atoms with E-state index in [2.05, 4.69) is 37.0 Å². The van der Waals surface area contributed by atoms with Gasteiger partial charge in [-0.3, -0.25) is 4.79 Å². The number of hydrogen-bond donors (Lipinski definition) is 3. The van der Waals surface area contributed by atoms with Crippen molar-refractivity contribution in [2.75, 3.05) is 29.5 Å². The van der Waals surface area contributed by atoms with Gasteiger partial charge in [0.1, 0.15) is 11.6 Å². The van der Waals surface area contributed by atoms with E-state index in [9.17, 15) is 4.79 Å². The molecular weight excluding hydrogens is 342 g/mol. The van der Waals surface area contributed by atoms with E-state index in [0.717, 1.165) is 36.2 Å². The molecule has 27 heavy (non-hydrogen) atoms. The number of hydrogen-bond acceptors (Lipinski definition) is 7. The third-order valence-corrected chi connectivity index (χ3v) is 4.33. The van der Waals surface area contributed by atoms with Crippen LogP contribution < -0.4 is 21.7 Å². The van der Waals surface area contributed by atoms with Gasteiger partial charge in [-0.25, -0.2) is 9.97 Å². The second kappa shape index (κ2) is 7.91. The van der Waals surface area contributed by atoms with Crippen LogP contribution in [0.4, 0.5) is 17.6 Å². The number of nitrogens with one attached hydrogen (secondary N) is 1. The van der Waals surface area contributed by atoms with E-state index in [0.29, 0.717) is 18.2 Å². The van der Waals surface area contributed by atoms with E-state index < -0.39 is 0 Å². The van der Waals surface area contributed by atoms with Crippen LogP contribution in [0, 0.1) is 18.8 Å². The molecule has 0 bridgehead atoms. The fourth-order valence-electron chi connectivity index (χ4n) is 3.14. The second-order valence-electron chi connectivity index (χ2n) is 6.57. The normalized spacial score (nSPS) is 16.4. The first-order chi connectivity index (χ1) is 12.9. The number of carbonyl (C=O) groups excluding carboxylic acids is 1. The summed E-state index contributed by atoms with van der Waals surface area (Å²) < 4.78 is 0. The van der Waals surface area contributed by atoms with Crippen molar-refractivity contribution in [2.24, 2.45) is 0 Å². The number of nitrogens with zero attached hydrogens (tertiary/aromatic N) is 4. The lowest BCUT2D eigenvalue weighted by molar-refractivity contribution is -0.119. The van der Waals surface area contributed by atoms with Crippen molar-refractivity contribution < 1.29 is 4.79 Å². The maximum atomic E-state index is 11.4. The Hall–Kier alpha value is -3.34. The average molecular weight is 365 g/mol. The van der Waals surface area contributed by atoms with Crippen molar-refractivity contribution in [3.05, 3.63) is 35.2 Å². The molecular formula is C19H23N7O. The molecule has 1 aliphatic rings. The Balaban J connectivity index is 1.93. The number of carbonyl (C=O) groups is 1. The first kappa shape index (κ1) is 18.5. The third-order valence-electron chi connectivity index (χ3n) is 4.33. The van der Waals surface area contributed by atoms with Crippen molar-refractivity contribution in [3.63, 3.8) is 0 Å². The molecule has 1 unspecified atom stereocenters. The van der Waals surface area contributed by atoms with E-state index in [1.54, 1.807) is 12.3 Å². The number of piperidine rings is 1. The molecule has 1 fully saturated rings. The van der Waals surface area contributed by atoms with Gasteiger partial charge in [-0.2, -0.15) is 4.98 Å². The molecule has 0 aliphatic carbocycles. The van der Waals surface area contributed by atoms with Crippen molar-refractivity contribution in [2.45, 2.75) is 32.7 Å². The summed E-state index contributed by atoms with van der Waals surface area (Å²) in [5, 5.41) is 2.98. The van der Waals surface area contributed by atoms with Crippen LogP contribution in [0.3, 0.4) is 0 Å². The molecule has 8 nitrogen and oxygen atoms in total. The van der Waals surface area contributed by atoms with Crippen LogP contribution in [0.5, 0.6) is 0 Å². The molecule has 0 saturated carbocycles. The molecule has 1 amide bonds. The van der Waals surface area contributed by atoms with Crippen LogP contribution in [0.15, 0.2) is 18.3 Å². The molecule has 2 aromatic rings. The highest BCUT2D eigenvalue weighted by atomic mass is 16.1. The van der Waals surface area contributed by atoms with Gasteiger partial charge in [0.25, 0.3) is 0 Å². The Morgan fingerprint density at radius 3 is 2.81 bits per heavy atom. The highest BCUT2D eigenvalue weighted by molar-refractivity contribution is 5.73. The zero-order valence-electron chi connectivity index (χ0n) is 15.5. The number of anilines is 3. The van der Waals surface area contributed by atoms with Gasteiger partial charge in [-0.1, -0.05) is 11.8 Å². The number of nitrogens with two attached hydrogens (primary N) is 2. The summed E-state index contributed by atoms with van der Waals surface area (Å²) in [7, 11) is 0. The number of rotatable bonds is 2. The van der Waals surface area contributed by atoms with E-state index in [1.165, 1.54) is 6.92 Å². The highest BCUT2D eigenvalue weighted by Gasteiger charge is 2.24. The molecule has 1 saturated heterocycles. The minimum atomic E-state index is -0.0314. The summed E-state index contributed by atoms with van der Waals surface area (Å²) in [6.45, 7) is 4.88. The Bertz CT molecular complexity index is 899. The lowest BCUT2D eigenvalue weighted by Crippen LogP contribution is -2.47. The Morgan fingerprint density at radius 1 is 1.30 bits per heavy atom. The van der Waals surface area contributed by atoms with Crippen molar-refractivity contribution in [3.8, 4) is 11.8 Å². The van der Waals surface area contributed by atoms with Gasteiger partial charge in [0.05, 0.1) is 11.3 Å². The van der Waals surface area contributed by atoms with Gasteiger partial charge in [-0.15, -0.1) is 0 Å². The lowest BCUT2D eigenvalue weighted by Gasteiger charge is -2.34. The Labute approximate surface area is 158 Å². The summed E-state index contributed by atoms with van der Waals surface area (Å²) in [6.07, 6.45) is 3.51. The number of aromatic nitrogens is 3. The van der Waals surface area contributed by atoms with E-state index in [4.69, 9.17) is 11.5 Å². The fourth-order valence-corrected chi connectivity index (χ4v) is 3.14. The smallest absolute Gasteiger partial charge is 0.222 e.